The molecule has 2 N–H and O–H groups in total. The fraction of sp³-hybridized carbons (Fsp3) is 0.524. The van der Waals surface area contributed by atoms with Crippen molar-refractivity contribution >= 4 is 23.9 Å². The number of fused-ring (bicyclic) bond motifs is 1. The zero-order chi connectivity index (χ0) is 21.2. The molecular weight excluding hydrogens is 380 g/mol. The lowest BCUT2D eigenvalue weighted by molar-refractivity contribution is -0.141. The van der Waals surface area contributed by atoms with Crippen molar-refractivity contribution in [1.29, 1.82) is 5.41 Å². The quantitative estimate of drug-likeness (QED) is 0.432. The van der Waals surface area contributed by atoms with E-state index in [4.69, 9.17) is 5.41 Å². The van der Waals surface area contributed by atoms with Crippen molar-refractivity contribution in [2.75, 3.05) is 0 Å². The first-order valence-corrected chi connectivity index (χ1v) is 9.86. The molecule has 1 saturated carbocycles. The van der Waals surface area contributed by atoms with E-state index in [1.165, 1.54) is 6.07 Å². The van der Waals surface area contributed by atoms with Gasteiger partial charge in [-0.1, -0.05) is 12.1 Å². The van der Waals surface area contributed by atoms with Crippen LogP contribution in [0.25, 0.3) is 0 Å². The second-order valence-electron chi connectivity index (χ2n) is 7.94. The molecule has 0 saturated heterocycles. The summed E-state index contributed by atoms with van der Waals surface area (Å²) in [5.74, 6) is -5.19. The van der Waals surface area contributed by atoms with Crippen LogP contribution in [0.3, 0.4) is 0 Å². The minimum absolute atomic E-state index is 0.127. The summed E-state index contributed by atoms with van der Waals surface area (Å²) >= 11 is 0. The Morgan fingerprint density at radius 3 is 2.62 bits per heavy atom. The molecule has 1 aliphatic heterocycles. The Morgan fingerprint density at radius 1 is 1.31 bits per heavy atom. The van der Waals surface area contributed by atoms with Crippen molar-refractivity contribution in [2.24, 2.45) is 5.92 Å². The Hall–Kier alpha value is -2.64. The number of amidine groups is 1. The Balaban J connectivity index is 1.65. The van der Waals surface area contributed by atoms with Crippen molar-refractivity contribution < 1.29 is 23.2 Å². The number of nitrogens with one attached hydrogen (secondary N) is 2. The van der Waals surface area contributed by atoms with E-state index in [0.717, 1.165) is 44.0 Å². The fourth-order valence-corrected chi connectivity index (χ4v) is 4.12. The maximum Gasteiger partial charge on any atom is 0.322 e. The van der Waals surface area contributed by atoms with Crippen LogP contribution in [0.2, 0.25) is 0 Å². The Morgan fingerprint density at radius 2 is 2.00 bits per heavy atom. The number of aldehydes is 1. The molecule has 2 amide bonds. The predicted octanol–water partition coefficient (Wildman–Crippen LogP) is 3.28. The molecule has 0 unspecified atom stereocenters. The van der Waals surface area contributed by atoms with E-state index in [-0.39, 0.29) is 17.5 Å². The van der Waals surface area contributed by atoms with Crippen LogP contribution in [-0.4, -0.2) is 40.8 Å². The molecule has 1 heterocycles. The molecule has 0 aromatic heterocycles. The van der Waals surface area contributed by atoms with Crippen LogP contribution in [0.1, 0.15) is 66.9 Å². The highest BCUT2D eigenvalue weighted by atomic mass is 19.3. The van der Waals surface area contributed by atoms with Crippen LogP contribution in [0.15, 0.2) is 18.2 Å². The minimum atomic E-state index is -3.58. The van der Waals surface area contributed by atoms with Crippen LogP contribution in [0, 0.1) is 11.3 Å². The highest BCUT2D eigenvalue weighted by Gasteiger charge is 2.36. The van der Waals surface area contributed by atoms with E-state index in [1.807, 2.05) is 10.2 Å². The summed E-state index contributed by atoms with van der Waals surface area (Å²) in [5.41, 5.74) is 1.50. The maximum atomic E-state index is 13.0. The number of hydrogen-bond donors (Lipinski definition) is 2. The standard InChI is InChI=1S/C21H25F2N3O3/c1-21(22,23)20(29)25-18(24)14-6-7-15-12-26(19(28)17(15)11-14)16-8-4-13(5-9-16)3-2-10-27/h6-7,10-11,13,16H,2-5,8-9,12H2,1H3,(H2,24,25,29). The van der Waals surface area contributed by atoms with E-state index in [9.17, 15) is 23.2 Å². The highest BCUT2D eigenvalue weighted by molar-refractivity contribution is 6.09. The lowest BCUT2D eigenvalue weighted by Gasteiger charge is -2.34. The molecule has 0 bridgehead atoms. The van der Waals surface area contributed by atoms with Crippen LogP contribution in [-0.2, 0) is 16.1 Å². The van der Waals surface area contributed by atoms with Crippen LogP contribution >= 0.6 is 0 Å². The van der Waals surface area contributed by atoms with Gasteiger partial charge in [-0.05, 0) is 49.7 Å². The first-order chi connectivity index (χ1) is 13.7. The van der Waals surface area contributed by atoms with E-state index in [1.54, 1.807) is 12.1 Å². The number of alkyl halides is 2. The topological polar surface area (TPSA) is 90.3 Å². The third kappa shape index (κ3) is 4.68. The van der Waals surface area contributed by atoms with Gasteiger partial charge < -0.3 is 15.0 Å². The van der Waals surface area contributed by atoms with Gasteiger partial charge in [0.1, 0.15) is 12.1 Å². The fourth-order valence-electron chi connectivity index (χ4n) is 4.12. The minimum Gasteiger partial charge on any atom is -0.331 e. The Labute approximate surface area is 168 Å². The average molecular weight is 405 g/mol. The zero-order valence-corrected chi connectivity index (χ0v) is 16.3. The summed E-state index contributed by atoms with van der Waals surface area (Å²) in [6.07, 6.45) is 6.21. The van der Waals surface area contributed by atoms with Crippen LogP contribution < -0.4 is 5.32 Å². The van der Waals surface area contributed by atoms with Crippen molar-refractivity contribution in [3.63, 3.8) is 0 Å². The van der Waals surface area contributed by atoms with Gasteiger partial charge in [0.15, 0.2) is 0 Å². The third-order valence-corrected chi connectivity index (χ3v) is 5.82. The van der Waals surface area contributed by atoms with Gasteiger partial charge in [-0.15, -0.1) is 0 Å². The van der Waals surface area contributed by atoms with Gasteiger partial charge in [0.2, 0.25) is 0 Å². The largest absolute Gasteiger partial charge is 0.331 e. The van der Waals surface area contributed by atoms with Crippen molar-refractivity contribution in [3.05, 3.63) is 34.9 Å². The normalized spacial score (nSPS) is 21.6. The van der Waals surface area contributed by atoms with Gasteiger partial charge in [-0.2, -0.15) is 8.78 Å². The molecule has 1 aliphatic carbocycles. The molecule has 156 valence electrons. The van der Waals surface area contributed by atoms with Gasteiger partial charge in [-0.25, -0.2) is 0 Å². The van der Waals surface area contributed by atoms with Crippen molar-refractivity contribution in [2.45, 2.75) is 64.0 Å². The summed E-state index contributed by atoms with van der Waals surface area (Å²) in [7, 11) is 0. The predicted molar refractivity (Wildman–Crippen MR) is 103 cm³/mol. The second-order valence-corrected chi connectivity index (χ2v) is 7.94. The summed E-state index contributed by atoms with van der Waals surface area (Å²) in [4.78, 5) is 36.7. The lowest BCUT2D eigenvalue weighted by atomic mass is 9.83. The van der Waals surface area contributed by atoms with Gasteiger partial charge in [-0.3, -0.25) is 15.0 Å². The average Bonchev–Trinajstić information content (AvgIpc) is 3.02. The summed E-state index contributed by atoms with van der Waals surface area (Å²) in [6, 6.07) is 4.90. The lowest BCUT2D eigenvalue weighted by Crippen LogP contribution is -2.41. The zero-order valence-electron chi connectivity index (χ0n) is 16.3. The summed E-state index contributed by atoms with van der Waals surface area (Å²) in [6.45, 7) is 0.957. The number of carbonyl (C=O) groups excluding carboxylic acids is 3. The van der Waals surface area contributed by atoms with Crippen LogP contribution in [0.5, 0.6) is 0 Å². The SMILES string of the molecule is CC(F)(F)C(=O)NC(=N)c1ccc2c(c1)C(=O)N(C1CCC(CCC=O)CC1)C2. The van der Waals surface area contributed by atoms with Gasteiger partial charge >= 0.3 is 5.92 Å². The number of nitrogens with zero attached hydrogens (tertiary/aromatic N) is 1. The van der Waals surface area contributed by atoms with E-state index in [2.05, 4.69) is 0 Å². The maximum absolute atomic E-state index is 13.0. The van der Waals surface area contributed by atoms with Gasteiger partial charge in [0.05, 0.1) is 0 Å². The first-order valence-electron chi connectivity index (χ1n) is 9.86. The molecule has 0 spiro atoms. The Bertz CT molecular complexity index is 827. The molecule has 0 radical (unpaired) electrons. The molecule has 29 heavy (non-hydrogen) atoms. The van der Waals surface area contributed by atoms with Crippen molar-refractivity contribution in [3.8, 4) is 0 Å². The number of hydrogen-bond acceptors (Lipinski definition) is 4. The second kappa shape index (κ2) is 8.39. The first kappa shape index (κ1) is 21.1. The van der Waals surface area contributed by atoms with E-state index in [0.29, 0.717) is 31.4 Å². The van der Waals surface area contributed by atoms with Crippen LogP contribution in [0.4, 0.5) is 8.78 Å². The molecule has 6 nitrogen and oxygen atoms in total. The number of carbonyl (C=O) groups is 3. The highest BCUT2D eigenvalue weighted by Crippen LogP contribution is 2.34. The summed E-state index contributed by atoms with van der Waals surface area (Å²) < 4.78 is 26.1. The molecular formula is C21H25F2N3O3. The summed E-state index contributed by atoms with van der Waals surface area (Å²) in [5, 5.41) is 9.76. The molecule has 0 atom stereocenters. The molecule has 1 aromatic rings. The molecule has 2 aliphatic rings. The Kier molecular flexibility index (Phi) is 6.10. The smallest absolute Gasteiger partial charge is 0.322 e. The molecule has 8 heteroatoms. The molecule has 3 rings (SSSR count). The number of rotatable bonds is 6. The van der Waals surface area contributed by atoms with E-state index >= 15 is 0 Å². The van der Waals surface area contributed by atoms with E-state index < -0.39 is 17.7 Å². The molecule has 1 aromatic carbocycles. The van der Waals surface area contributed by atoms with Gasteiger partial charge in [0, 0.05) is 37.1 Å². The molecule has 1 fully saturated rings. The van der Waals surface area contributed by atoms with Gasteiger partial charge in [0.25, 0.3) is 11.8 Å². The number of amides is 2. The monoisotopic (exact) mass is 405 g/mol. The number of halogens is 2. The third-order valence-electron chi connectivity index (χ3n) is 5.82. The number of benzene rings is 1. The van der Waals surface area contributed by atoms with Crippen molar-refractivity contribution in [1.82, 2.24) is 10.2 Å².